The van der Waals surface area contributed by atoms with Crippen LogP contribution in [0.2, 0.25) is 5.02 Å². The van der Waals surface area contributed by atoms with E-state index in [4.69, 9.17) is 21.1 Å². The van der Waals surface area contributed by atoms with Crippen LogP contribution in [0.5, 0.6) is 0 Å². The number of carbonyl (C=O) groups excluding carboxylic acids is 2. The van der Waals surface area contributed by atoms with Gasteiger partial charge in [-0.25, -0.2) is 8.42 Å². The highest BCUT2D eigenvalue weighted by Crippen LogP contribution is 2.23. The van der Waals surface area contributed by atoms with Crippen LogP contribution in [0, 0.1) is 6.92 Å². The molecule has 32 heavy (non-hydrogen) atoms. The van der Waals surface area contributed by atoms with E-state index in [0.29, 0.717) is 23.8 Å². The Hall–Kier alpha value is -2.46. The Morgan fingerprint density at radius 2 is 1.78 bits per heavy atom. The molecule has 10 heteroatoms. The molecule has 1 amide bonds. The van der Waals surface area contributed by atoms with Crippen molar-refractivity contribution in [2.24, 2.45) is 0 Å². The second-order valence-corrected chi connectivity index (χ2v) is 9.70. The van der Waals surface area contributed by atoms with Crippen LogP contribution in [0.15, 0.2) is 47.4 Å². The van der Waals surface area contributed by atoms with E-state index in [1.165, 1.54) is 22.4 Å². The first-order valence-electron chi connectivity index (χ1n) is 10.0. The molecular weight excluding hydrogens is 456 g/mol. The lowest BCUT2D eigenvalue weighted by atomic mass is 10.1. The molecule has 172 valence electrons. The van der Waals surface area contributed by atoms with E-state index in [2.05, 4.69) is 0 Å². The lowest BCUT2D eigenvalue weighted by Crippen LogP contribution is -2.41. The Kier molecular flexibility index (Phi) is 7.89. The maximum atomic E-state index is 13.3. The number of rotatable bonds is 7. The van der Waals surface area contributed by atoms with Crippen molar-refractivity contribution < 1.29 is 27.5 Å². The topological polar surface area (TPSA) is 93.2 Å². The summed E-state index contributed by atoms with van der Waals surface area (Å²) in [6, 6.07) is 11.4. The Labute approximate surface area is 192 Å². The number of nitrogens with zero attached hydrogens (tertiary/aromatic N) is 2. The first-order valence-corrected chi connectivity index (χ1v) is 11.8. The van der Waals surface area contributed by atoms with E-state index in [9.17, 15) is 18.0 Å². The lowest BCUT2D eigenvalue weighted by Gasteiger charge is -2.27. The van der Waals surface area contributed by atoms with Gasteiger partial charge in [-0.05, 0) is 42.3 Å². The van der Waals surface area contributed by atoms with Gasteiger partial charge in [-0.15, -0.1) is 0 Å². The molecule has 3 rings (SSSR count). The minimum Gasteiger partial charge on any atom is -0.468 e. The first-order chi connectivity index (χ1) is 15.2. The number of ether oxygens (including phenoxy) is 2. The van der Waals surface area contributed by atoms with Crippen LogP contribution in [-0.4, -0.2) is 69.5 Å². The predicted molar refractivity (Wildman–Crippen MR) is 119 cm³/mol. The van der Waals surface area contributed by atoms with Gasteiger partial charge in [-0.3, -0.25) is 9.59 Å². The Morgan fingerprint density at radius 3 is 2.41 bits per heavy atom. The summed E-state index contributed by atoms with van der Waals surface area (Å²) >= 11 is 5.93. The van der Waals surface area contributed by atoms with E-state index in [0.717, 1.165) is 5.56 Å². The van der Waals surface area contributed by atoms with Gasteiger partial charge >= 0.3 is 5.97 Å². The number of sulfonamides is 1. The summed E-state index contributed by atoms with van der Waals surface area (Å²) in [4.78, 5) is 26.6. The lowest BCUT2D eigenvalue weighted by molar-refractivity contribution is -0.141. The molecule has 1 fully saturated rings. The van der Waals surface area contributed by atoms with Gasteiger partial charge in [0.15, 0.2) is 0 Å². The molecule has 0 unspecified atom stereocenters. The molecule has 1 heterocycles. The molecule has 0 saturated carbocycles. The number of carbonyl (C=O) groups is 2. The van der Waals surface area contributed by atoms with Crippen LogP contribution < -0.4 is 0 Å². The molecule has 1 aliphatic heterocycles. The minimum absolute atomic E-state index is 0.0646. The zero-order chi connectivity index (χ0) is 23.3. The van der Waals surface area contributed by atoms with Crippen molar-refractivity contribution >= 4 is 33.5 Å². The van der Waals surface area contributed by atoms with E-state index < -0.39 is 21.9 Å². The summed E-state index contributed by atoms with van der Waals surface area (Å²) in [5, 5.41) is 0.552. The summed E-state index contributed by atoms with van der Waals surface area (Å²) in [6.45, 7) is 2.69. The summed E-state index contributed by atoms with van der Waals surface area (Å²) in [6.07, 6.45) is 0. The second kappa shape index (κ2) is 10.4. The summed E-state index contributed by atoms with van der Waals surface area (Å²) in [5.41, 5.74) is 1.46. The van der Waals surface area contributed by atoms with E-state index in [-0.39, 0.29) is 36.6 Å². The zero-order valence-electron chi connectivity index (χ0n) is 17.9. The summed E-state index contributed by atoms with van der Waals surface area (Å²) in [7, 11) is -2.55. The molecule has 8 nitrogen and oxygen atoms in total. The fourth-order valence-electron chi connectivity index (χ4n) is 3.35. The smallest absolute Gasteiger partial charge is 0.325 e. The molecule has 2 aromatic carbocycles. The van der Waals surface area contributed by atoms with E-state index in [1.54, 1.807) is 43.3 Å². The fraction of sp³-hybridized carbons (Fsp3) is 0.364. The summed E-state index contributed by atoms with van der Waals surface area (Å²) < 4.78 is 37.7. The molecule has 1 aliphatic rings. The van der Waals surface area contributed by atoms with Gasteiger partial charge in [0, 0.05) is 30.2 Å². The second-order valence-electron chi connectivity index (χ2n) is 7.36. The van der Waals surface area contributed by atoms with Crippen molar-refractivity contribution in [2.75, 3.05) is 40.0 Å². The molecule has 0 aliphatic carbocycles. The van der Waals surface area contributed by atoms with Gasteiger partial charge in [0.2, 0.25) is 10.0 Å². The van der Waals surface area contributed by atoms with E-state index in [1.807, 2.05) is 0 Å². The highest BCUT2D eigenvalue weighted by Gasteiger charge is 2.29. The molecule has 0 N–H and O–H groups in total. The molecule has 0 spiro atoms. The third-order valence-electron chi connectivity index (χ3n) is 5.14. The molecule has 2 aromatic rings. The maximum absolute atomic E-state index is 13.3. The van der Waals surface area contributed by atoms with Crippen LogP contribution in [0.4, 0.5) is 0 Å². The quantitative estimate of drug-likeness (QED) is 0.565. The van der Waals surface area contributed by atoms with Gasteiger partial charge in [-0.2, -0.15) is 4.31 Å². The number of morpholine rings is 1. The average Bonchev–Trinajstić information content (AvgIpc) is 2.80. The molecule has 0 aromatic heterocycles. The monoisotopic (exact) mass is 480 g/mol. The first kappa shape index (κ1) is 24.2. The predicted octanol–water partition coefficient (Wildman–Crippen LogP) is 2.48. The number of aryl methyl sites for hydroxylation is 1. The van der Waals surface area contributed by atoms with Crippen LogP contribution in [0.25, 0.3) is 0 Å². The van der Waals surface area contributed by atoms with E-state index >= 15 is 0 Å². The van der Waals surface area contributed by atoms with Crippen LogP contribution in [0.1, 0.15) is 21.5 Å². The molecule has 0 atom stereocenters. The van der Waals surface area contributed by atoms with Crippen molar-refractivity contribution in [3.05, 3.63) is 64.2 Å². The largest absolute Gasteiger partial charge is 0.468 e. The van der Waals surface area contributed by atoms with Crippen molar-refractivity contribution in [1.29, 1.82) is 0 Å². The Morgan fingerprint density at radius 1 is 1.12 bits per heavy atom. The van der Waals surface area contributed by atoms with Crippen LogP contribution >= 0.6 is 11.6 Å². The number of amides is 1. The number of hydrogen-bond acceptors (Lipinski definition) is 6. The number of methoxy groups -OCH3 is 1. The highest BCUT2D eigenvalue weighted by molar-refractivity contribution is 7.89. The Balaban J connectivity index is 1.92. The molecule has 0 bridgehead atoms. The van der Waals surface area contributed by atoms with Crippen molar-refractivity contribution in [1.82, 2.24) is 9.21 Å². The third kappa shape index (κ3) is 5.66. The van der Waals surface area contributed by atoms with Crippen molar-refractivity contribution in [3.8, 4) is 0 Å². The van der Waals surface area contributed by atoms with Crippen molar-refractivity contribution in [3.63, 3.8) is 0 Å². The van der Waals surface area contributed by atoms with Gasteiger partial charge in [-0.1, -0.05) is 29.8 Å². The SMILES string of the molecule is COC(=O)CN(Cc1ccc(Cl)cc1)C(=O)c1ccc(C)c(S(=O)(=O)N2CCOCC2)c1. The summed E-state index contributed by atoms with van der Waals surface area (Å²) in [5.74, 6) is -1.07. The number of esters is 1. The maximum Gasteiger partial charge on any atom is 0.325 e. The van der Waals surface area contributed by atoms with Crippen LogP contribution in [-0.2, 0) is 30.8 Å². The zero-order valence-corrected chi connectivity index (χ0v) is 19.5. The number of halogens is 1. The molecule has 1 saturated heterocycles. The Bertz CT molecular complexity index is 1080. The third-order valence-corrected chi connectivity index (χ3v) is 7.44. The number of hydrogen-bond donors (Lipinski definition) is 0. The normalized spacial score (nSPS) is 14.7. The molecular formula is C22H25ClN2O6S. The van der Waals surface area contributed by atoms with Gasteiger partial charge in [0.1, 0.15) is 6.54 Å². The standard InChI is InChI=1S/C22H25ClN2O6S/c1-16-3-6-18(13-20(16)32(28,29)25-9-11-31-12-10-25)22(27)24(15-21(26)30-2)14-17-4-7-19(23)8-5-17/h3-8,13H,9-12,14-15H2,1-2H3. The van der Waals surface area contributed by atoms with Gasteiger partial charge in [0.25, 0.3) is 5.91 Å². The minimum atomic E-state index is -3.79. The highest BCUT2D eigenvalue weighted by atomic mass is 35.5. The van der Waals surface area contributed by atoms with Gasteiger partial charge < -0.3 is 14.4 Å². The molecule has 0 radical (unpaired) electrons. The number of benzene rings is 2. The van der Waals surface area contributed by atoms with Crippen LogP contribution in [0.3, 0.4) is 0 Å². The van der Waals surface area contributed by atoms with Gasteiger partial charge in [0.05, 0.1) is 25.2 Å². The fourth-order valence-corrected chi connectivity index (χ4v) is 5.13. The van der Waals surface area contributed by atoms with Crippen molar-refractivity contribution in [2.45, 2.75) is 18.4 Å². The average molecular weight is 481 g/mol.